The molecule has 1 unspecified atom stereocenters. The van der Waals surface area contributed by atoms with E-state index in [1.54, 1.807) is 17.6 Å². The summed E-state index contributed by atoms with van der Waals surface area (Å²) >= 11 is 1.73. The van der Waals surface area contributed by atoms with Gasteiger partial charge in [0.05, 0.1) is 23.0 Å². The molecule has 19 heavy (non-hydrogen) atoms. The van der Waals surface area contributed by atoms with Crippen molar-refractivity contribution in [1.82, 2.24) is 10.3 Å². The third-order valence-electron chi connectivity index (χ3n) is 3.27. The predicted molar refractivity (Wildman–Crippen MR) is 79.8 cm³/mol. The number of aryl methyl sites for hydroxylation is 1. The molecule has 2 aromatic rings. The molecule has 2 heterocycles. The fourth-order valence-electron chi connectivity index (χ4n) is 1.99. The van der Waals surface area contributed by atoms with E-state index >= 15 is 0 Å². The van der Waals surface area contributed by atoms with Crippen molar-refractivity contribution in [2.45, 2.75) is 45.6 Å². The van der Waals surface area contributed by atoms with E-state index in [-0.39, 0.29) is 11.5 Å². The van der Waals surface area contributed by atoms with Crippen molar-refractivity contribution in [3.05, 3.63) is 39.7 Å². The van der Waals surface area contributed by atoms with E-state index in [4.69, 9.17) is 9.40 Å². The average molecular weight is 278 g/mol. The van der Waals surface area contributed by atoms with E-state index < -0.39 is 0 Å². The Morgan fingerprint density at radius 1 is 1.42 bits per heavy atom. The van der Waals surface area contributed by atoms with Gasteiger partial charge >= 0.3 is 0 Å². The Morgan fingerprint density at radius 3 is 2.63 bits per heavy atom. The fourth-order valence-corrected chi connectivity index (χ4v) is 3.06. The molecule has 2 aromatic heterocycles. The highest BCUT2D eigenvalue weighted by Crippen LogP contribution is 2.27. The first-order valence-corrected chi connectivity index (χ1v) is 7.46. The molecule has 1 atom stereocenters. The van der Waals surface area contributed by atoms with Crippen LogP contribution in [0.2, 0.25) is 0 Å². The molecule has 3 nitrogen and oxygen atoms in total. The number of nitrogens with zero attached hydrogens (tertiary/aromatic N) is 1. The second-order valence-electron chi connectivity index (χ2n) is 5.89. The van der Waals surface area contributed by atoms with Crippen LogP contribution in [0.1, 0.15) is 48.8 Å². The van der Waals surface area contributed by atoms with Crippen LogP contribution in [-0.2, 0) is 11.8 Å². The maximum Gasteiger partial charge on any atom is 0.123 e. The van der Waals surface area contributed by atoms with Crippen LogP contribution in [0.5, 0.6) is 0 Å². The third kappa shape index (κ3) is 3.25. The van der Waals surface area contributed by atoms with Crippen LogP contribution in [0, 0.1) is 6.92 Å². The second kappa shape index (κ2) is 5.47. The van der Waals surface area contributed by atoms with E-state index in [9.17, 15) is 0 Å². The highest BCUT2D eigenvalue weighted by Gasteiger charge is 2.21. The monoisotopic (exact) mass is 278 g/mol. The van der Waals surface area contributed by atoms with Crippen molar-refractivity contribution in [1.29, 1.82) is 0 Å². The van der Waals surface area contributed by atoms with Crippen molar-refractivity contribution in [2.75, 3.05) is 7.05 Å². The molecule has 0 aromatic carbocycles. The molecule has 0 saturated heterocycles. The van der Waals surface area contributed by atoms with Gasteiger partial charge in [0.25, 0.3) is 0 Å². The normalized spacial score (nSPS) is 13.7. The number of hydrogen-bond donors (Lipinski definition) is 1. The van der Waals surface area contributed by atoms with Gasteiger partial charge in [-0.2, -0.15) is 0 Å². The fraction of sp³-hybridized carbons (Fsp3) is 0.533. The van der Waals surface area contributed by atoms with Gasteiger partial charge in [0.15, 0.2) is 0 Å². The van der Waals surface area contributed by atoms with Crippen LogP contribution >= 0.6 is 11.3 Å². The van der Waals surface area contributed by atoms with Crippen molar-refractivity contribution < 1.29 is 4.42 Å². The topological polar surface area (TPSA) is 38.1 Å². The lowest BCUT2D eigenvalue weighted by molar-refractivity contribution is 0.425. The first kappa shape index (κ1) is 14.3. The van der Waals surface area contributed by atoms with Gasteiger partial charge in [-0.15, -0.1) is 11.3 Å². The lowest BCUT2D eigenvalue weighted by Crippen LogP contribution is -2.19. The van der Waals surface area contributed by atoms with Crippen molar-refractivity contribution in [2.24, 2.45) is 0 Å². The Morgan fingerprint density at radius 2 is 2.16 bits per heavy atom. The van der Waals surface area contributed by atoms with E-state index in [0.717, 1.165) is 17.2 Å². The van der Waals surface area contributed by atoms with Crippen molar-refractivity contribution in [3.8, 4) is 0 Å². The molecule has 104 valence electrons. The minimum Gasteiger partial charge on any atom is -0.467 e. The van der Waals surface area contributed by atoms with E-state index in [2.05, 4.69) is 38.4 Å². The maximum absolute atomic E-state index is 5.58. The standard InChI is InChI=1S/C15H22N2OS/c1-10-6-7-18-14(10)11(16-5)8-13-17-12(9-19-13)15(2,3)4/h6-7,9,11,16H,8H2,1-5H3. The molecule has 0 amide bonds. The summed E-state index contributed by atoms with van der Waals surface area (Å²) in [6.07, 6.45) is 2.61. The SMILES string of the molecule is CNC(Cc1nc(C(C)(C)C)cs1)c1occc1C. The summed E-state index contributed by atoms with van der Waals surface area (Å²) in [4.78, 5) is 4.75. The molecule has 0 aliphatic carbocycles. The molecular formula is C15H22N2OS. The Bertz CT molecular complexity index is 536. The minimum atomic E-state index is 0.116. The summed E-state index contributed by atoms with van der Waals surface area (Å²) in [5.74, 6) is 1.01. The summed E-state index contributed by atoms with van der Waals surface area (Å²) in [5, 5.41) is 6.63. The number of nitrogens with one attached hydrogen (secondary N) is 1. The molecule has 0 saturated carbocycles. The number of furan rings is 1. The van der Waals surface area contributed by atoms with Gasteiger partial charge in [0.1, 0.15) is 5.76 Å². The highest BCUT2D eigenvalue weighted by atomic mass is 32.1. The smallest absolute Gasteiger partial charge is 0.123 e. The Hall–Kier alpha value is -1.13. The quantitative estimate of drug-likeness (QED) is 0.923. The summed E-state index contributed by atoms with van der Waals surface area (Å²) in [7, 11) is 1.96. The first-order valence-electron chi connectivity index (χ1n) is 6.58. The van der Waals surface area contributed by atoms with Crippen LogP contribution in [0.25, 0.3) is 0 Å². The van der Waals surface area contributed by atoms with Crippen LogP contribution in [0.3, 0.4) is 0 Å². The predicted octanol–water partition coefficient (Wildman–Crippen LogP) is 3.85. The van der Waals surface area contributed by atoms with Crippen molar-refractivity contribution in [3.63, 3.8) is 0 Å². The number of likely N-dealkylation sites (N-methyl/N-ethyl adjacent to an activating group) is 1. The number of thiazole rings is 1. The number of aromatic nitrogens is 1. The zero-order chi connectivity index (χ0) is 14.0. The highest BCUT2D eigenvalue weighted by molar-refractivity contribution is 7.09. The zero-order valence-corrected chi connectivity index (χ0v) is 13.1. The summed E-state index contributed by atoms with van der Waals surface area (Å²) in [6, 6.07) is 2.19. The Labute approximate surface area is 119 Å². The van der Waals surface area contributed by atoms with Gasteiger partial charge in [-0.1, -0.05) is 20.8 Å². The molecule has 2 rings (SSSR count). The first-order chi connectivity index (χ1) is 8.91. The molecule has 0 aliphatic heterocycles. The van der Waals surface area contributed by atoms with Gasteiger partial charge in [0.2, 0.25) is 0 Å². The van der Waals surface area contributed by atoms with E-state index in [1.165, 1.54) is 11.3 Å². The minimum absolute atomic E-state index is 0.116. The molecular weight excluding hydrogens is 256 g/mol. The summed E-state index contributed by atoms with van der Waals surface area (Å²) < 4.78 is 5.58. The Balaban J connectivity index is 2.16. The maximum atomic E-state index is 5.58. The molecule has 0 aliphatic rings. The average Bonchev–Trinajstić information content (AvgIpc) is 2.94. The molecule has 4 heteroatoms. The van der Waals surface area contributed by atoms with Gasteiger partial charge < -0.3 is 9.73 Å². The second-order valence-corrected chi connectivity index (χ2v) is 6.83. The summed E-state index contributed by atoms with van der Waals surface area (Å²) in [6.45, 7) is 8.65. The lowest BCUT2D eigenvalue weighted by atomic mass is 9.93. The van der Waals surface area contributed by atoms with Gasteiger partial charge in [-0.05, 0) is 25.6 Å². The molecule has 0 fully saturated rings. The molecule has 0 radical (unpaired) electrons. The van der Waals surface area contributed by atoms with Crippen molar-refractivity contribution >= 4 is 11.3 Å². The van der Waals surface area contributed by atoms with Gasteiger partial charge in [0, 0.05) is 17.2 Å². The van der Waals surface area contributed by atoms with Gasteiger partial charge in [-0.25, -0.2) is 4.98 Å². The molecule has 0 spiro atoms. The van der Waals surface area contributed by atoms with Crippen LogP contribution < -0.4 is 5.32 Å². The number of rotatable bonds is 4. The van der Waals surface area contributed by atoms with E-state index in [1.807, 2.05) is 13.1 Å². The molecule has 1 N–H and O–H groups in total. The third-order valence-corrected chi connectivity index (χ3v) is 4.14. The van der Waals surface area contributed by atoms with Gasteiger partial charge in [-0.3, -0.25) is 0 Å². The van der Waals surface area contributed by atoms with Crippen LogP contribution in [0.4, 0.5) is 0 Å². The van der Waals surface area contributed by atoms with E-state index in [0.29, 0.717) is 0 Å². The van der Waals surface area contributed by atoms with Crippen LogP contribution in [-0.4, -0.2) is 12.0 Å². The van der Waals surface area contributed by atoms with Crippen LogP contribution in [0.15, 0.2) is 22.1 Å². The zero-order valence-electron chi connectivity index (χ0n) is 12.3. The summed E-state index contributed by atoms with van der Waals surface area (Å²) in [5.41, 5.74) is 2.47. The lowest BCUT2D eigenvalue weighted by Gasteiger charge is -2.15. The number of hydrogen-bond acceptors (Lipinski definition) is 4. The largest absolute Gasteiger partial charge is 0.467 e. The Kier molecular flexibility index (Phi) is 4.11. The molecule has 0 bridgehead atoms.